The van der Waals surface area contributed by atoms with Gasteiger partial charge in [0.15, 0.2) is 17.7 Å². The van der Waals surface area contributed by atoms with Crippen molar-refractivity contribution in [2.75, 3.05) is 84.0 Å². The molecule has 1 aliphatic rings. The highest BCUT2D eigenvalue weighted by molar-refractivity contribution is 7.68. The molecule has 23 nitrogen and oxygen atoms in total. The number of hydrogen-bond donors (Lipinski definition) is 6. The van der Waals surface area contributed by atoms with E-state index in [1.165, 1.54) is 69.8 Å². The molecule has 2 aromatic heterocycles. The first kappa shape index (κ1) is 58.9. The third kappa shape index (κ3) is 23.4. The van der Waals surface area contributed by atoms with Crippen molar-refractivity contribution in [2.45, 2.75) is 119 Å². The molecule has 0 radical (unpaired) electrons. The molecular weight excluding hydrogens is 859 g/mol. The predicted molar refractivity (Wildman–Crippen MR) is 236 cm³/mol. The second-order valence-corrected chi connectivity index (χ2v) is 18.6. The van der Waals surface area contributed by atoms with Crippen molar-refractivity contribution in [3.63, 3.8) is 0 Å². The van der Waals surface area contributed by atoms with Gasteiger partial charge in [-0.15, -0.1) is 0 Å². The van der Waals surface area contributed by atoms with E-state index in [0.29, 0.717) is 32.2 Å². The zero-order valence-corrected chi connectivity index (χ0v) is 40.2. The van der Waals surface area contributed by atoms with Crippen molar-refractivity contribution in [1.29, 1.82) is 0 Å². The summed E-state index contributed by atoms with van der Waals surface area (Å²) in [5.74, 6) is 0.0528. The van der Waals surface area contributed by atoms with Crippen molar-refractivity contribution in [1.82, 2.24) is 34.2 Å². The molecule has 26 heteroatoms. The van der Waals surface area contributed by atoms with Gasteiger partial charge in [-0.3, -0.25) is 13.7 Å². The second-order valence-electron chi connectivity index (χ2n) is 13.5. The minimum absolute atomic E-state index is 0.0528. The number of unbranched alkanes of at least 4 members (excludes halogenated alkanes) is 4. The van der Waals surface area contributed by atoms with Crippen LogP contribution >= 0.6 is 23.2 Å². The van der Waals surface area contributed by atoms with Gasteiger partial charge in [-0.05, 0) is 77.3 Å². The van der Waals surface area contributed by atoms with E-state index in [4.69, 9.17) is 16.0 Å². The van der Waals surface area contributed by atoms with Crippen LogP contribution in [0.5, 0.6) is 0 Å². The van der Waals surface area contributed by atoms with Crippen molar-refractivity contribution in [3.05, 3.63) is 23.1 Å². The molecule has 3 rings (SSSR count). The van der Waals surface area contributed by atoms with E-state index in [-0.39, 0.29) is 23.4 Å². The van der Waals surface area contributed by atoms with Crippen LogP contribution in [0.2, 0.25) is 0 Å². The summed E-state index contributed by atoms with van der Waals surface area (Å²) in [6.45, 7) is 29.8. The Morgan fingerprint density at radius 2 is 1.25 bits per heavy atom. The van der Waals surface area contributed by atoms with Gasteiger partial charge in [0.2, 0.25) is 0 Å². The van der Waals surface area contributed by atoms with E-state index in [1.54, 1.807) is 0 Å². The number of aliphatic hydroxyl groups is 2. The molecule has 0 bridgehead atoms. The number of aromatic nitrogens is 4. The number of phosphoric acid groups is 2. The van der Waals surface area contributed by atoms with Gasteiger partial charge in [-0.1, -0.05) is 86.7 Å². The fraction of sp³-hybridized carbons (Fsp3) is 0.857. The molecular formula is C35H74N11O12P3. The fourth-order valence-corrected chi connectivity index (χ4v) is 9.97. The van der Waals surface area contributed by atoms with Crippen molar-refractivity contribution >= 4 is 40.2 Å². The largest absolute Gasteiger partial charge is 0.488 e. The summed E-state index contributed by atoms with van der Waals surface area (Å²) in [5, 5.41) is 24.1. The van der Waals surface area contributed by atoms with Gasteiger partial charge in [0, 0.05) is 11.5 Å². The van der Waals surface area contributed by atoms with Gasteiger partial charge in [-0.25, -0.2) is 28.4 Å². The first-order valence-electron chi connectivity index (χ1n) is 21.0. The summed E-state index contributed by atoms with van der Waals surface area (Å²) in [6.07, 6.45) is -1.56. The molecule has 61 heavy (non-hydrogen) atoms. The maximum absolute atomic E-state index is 12.2. The summed E-state index contributed by atoms with van der Waals surface area (Å²) < 4.78 is 56.2. The van der Waals surface area contributed by atoms with Gasteiger partial charge in [0.25, 0.3) is 0 Å². The van der Waals surface area contributed by atoms with Crippen molar-refractivity contribution < 1.29 is 56.5 Å². The van der Waals surface area contributed by atoms with E-state index in [9.17, 15) is 38.6 Å². The topological polar surface area (TPSA) is 317 Å². The highest BCUT2D eigenvalue weighted by atomic mass is 31.3. The van der Waals surface area contributed by atoms with Gasteiger partial charge in [0.1, 0.15) is 30.2 Å². The standard InChI is InChI=1S/C17H29N8O12P3.3C6H15N/c18-15-12-16(21-9-20-15)25(10-22-12)17-14(27)13(26)11(35-17)8-34-39(30,31)37-40(32,33)36-38(28,29)7-5-3-1-2-4-6-23-24-19;3*1-4-7(5-2)6-3/h9-11,13-14,17,26-27H,1-8H2,(H,28,29)(H,30,31)(H,32,33)(H2,18,20,21);3*4-6H2,1-3H3/t11-,13-,14-,17-;;;/m1.../s1. The Bertz CT molecular complexity index is 1620. The lowest BCUT2D eigenvalue weighted by atomic mass is 10.1. The van der Waals surface area contributed by atoms with E-state index in [2.05, 4.69) is 115 Å². The molecule has 0 saturated carbocycles. The minimum Gasteiger partial charge on any atom is -0.387 e. The predicted octanol–water partition coefficient (Wildman–Crippen LogP) is 5.77. The molecule has 7 N–H and O–H groups in total. The maximum Gasteiger partial charge on any atom is 0.488 e. The molecule has 356 valence electrons. The van der Waals surface area contributed by atoms with Crippen LogP contribution in [0.25, 0.3) is 21.6 Å². The van der Waals surface area contributed by atoms with Crippen molar-refractivity contribution in [3.8, 4) is 0 Å². The zero-order chi connectivity index (χ0) is 46.6. The van der Waals surface area contributed by atoms with Crippen LogP contribution in [0.3, 0.4) is 0 Å². The molecule has 0 amide bonds. The van der Waals surface area contributed by atoms with Crippen LogP contribution in [0, 0.1) is 0 Å². The number of nitrogen functional groups attached to an aromatic ring is 1. The summed E-state index contributed by atoms with van der Waals surface area (Å²) in [6, 6.07) is 0. The Hall–Kier alpha value is -2.13. The lowest BCUT2D eigenvalue weighted by Gasteiger charge is -2.20. The highest BCUT2D eigenvalue weighted by Crippen LogP contribution is 2.67. The number of rotatable bonds is 25. The first-order valence-corrected chi connectivity index (χ1v) is 25.7. The second kappa shape index (κ2) is 31.7. The average molecular weight is 934 g/mol. The number of anilines is 1. The molecule has 0 aromatic carbocycles. The number of imidazole rings is 1. The van der Waals surface area contributed by atoms with Crippen LogP contribution in [-0.4, -0.2) is 156 Å². The number of aliphatic hydroxyl groups excluding tert-OH is 2. The molecule has 0 aliphatic carbocycles. The van der Waals surface area contributed by atoms with Gasteiger partial charge >= 0.3 is 23.2 Å². The SMILES string of the molecule is CCN(CC)CC.CCN(CC)CC.CCN(CC)CC.[N-]=[N+]=NCCCCCCCP(=O)(O)OP(=O)(O)OP(=O)(O)OC[C@H]1O[C@@H](n2cnc3c(N)ncnc32)[C@H](O)[C@@H]1O. The number of ether oxygens (including phenoxy) is 1. The Labute approximate surface area is 361 Å². The number of azide groups is 1. The van der Waals surface area contributed by atoms with Gasteiger partial charge < -0.3 is 50.1 Å². The van der Waals surface area contributed by atoms with Gasteiger partial charge in [-0.2, -0.15) is 4.31 Å². The fourth-order valence-electron chi connectivity index (χ4n) is 5.77. The monoisotopic (exact) mass is 933 g/mol. The molecule has 7 atom stereocenters. The van der Waals surface area contributed by atoms with E-state index in [1.807, 2.05) is 0 Å². The Morgan fingerprint density at radius 1 is 0.754 bits per heavy atom. The third-order valence-electron chi connectivity index (χ3n) is 9.62. The Balaban J connectivity index is 0.00000140. The minimum atomic E-state index is -5.57. The third-order valence-corrected chi connectivity index (χ3v) is 14.5. The highest BCUT2D eigenvalue weighted by Gasteiger charge is 2.47. The van der Waals surface area contributed by atoms with E-state index < -0.39 is 60.5 Å². The zero-order valence-electron chi connectivity index (χ0n) is 37.5. The molecule has 2 aromatic rings. The lowest BCUT2D eigenvalue weighted by Crippen LogP contribution is -2.33. The van der Waals surface area contributed by atoms with Crippen LogP contribution in [-0.2, 0) is 31.6 Å². The normalized spacial score (nSPS) is 20.3. The summed E-state index contributed by atoms with van der Waals surface area (Å²) in [5.41, 5.74) is 14.3. The van der Waals surface area contributed by atoms with Crippen LogP contribution in [0.1, 0.15) is 101 Å². The molecule has 1 aliphatic heterocycles. The number of nitrogens with two attached hydrogens (primary N) is 1. The lowest BCUT2D eigenvalue weighted by molar-refractivity contribution is -0.0503. The average Bonchev–Trinajstić information content (AvgIpc) is 3.77. The molecule has 3 heterocycles. The summed E-state index contributed by atoms with van der Waals surface area (Å²) >= 11 is 0. The van der Waals surface area contributed by atoms with Crippen molar-refractivity contribution in [2.24, 2.45) is 5.11 Å². The van der Waals surface area contributed by atoms with E-state index in [0.717, 1.165) is 6.33 Å². The number of hydrogen-bond acceptors (Lipinski definition) is 17. The molecule has 1 fully saturated rings. The van der Waals surface area contributed by atoms with E-state index >= 15 is 0 Å². The van der Waals surface area contributed by atoms with Crippen LogP contribution < -0.4 is 5.73 Å². The Kier molecular flexibility index (Phi) is 30.6. The van der Waals surface area contributed by atoms with Crippen LogP contribution in [0.15, 0.2) is 17.8 Å². The number of fused-ring (bicyclic) bond motifs is 1. The molecule has 3 unspecified atom stereocenters. The first-order chi connectivity index (χ1) is 28.8. The number of phosphoric ester groups is 1. The smallest absolute Gasteiger partial charge is 0.387 e. The summed E-state index contributed by atoms with van der Waals surface area (Å²) in [7, 11) is -15.7. The quantitative estimate of drug-likeness (QED) is 0.0226. The molecule has 1 saturated heterocycles. The van der Waals surface area contributed by atoms with Crippen LogP contribution in [0.4, 0.5) is 5.82 Å². The maximum atomic E-state index is 12.2. The summed E-state index contributed by atoms with van der Waals surface area (Å²) in [4.78, 5) is 51.0. The Morgan fingerprint density at radius 3 is 1.72 bits per heavy atom. The molecule has 0 spiro atoms. The number of nitrogens with zero attached hydrogens (tertiary/aromatic N) is 10. The van der Waals surface area contributed by atoms with Gasteiger partial charge in [0.05, 0.1) is 19.1 Å².